The fourth-order valence-corrected chi connectivity index (χ4v) is 3.14. The lowest BCUT2D eigenvalue weighted by atomic mass is 9.73. The van der Waals surface area contributed by atoms with Crippen LogP contribution in [0, 0.1) is 11.7 Å². The first-order valence-corrected chi connectivity index (χ1v) is 6.86. The number of hydrogen-bond acceptors (Lipinski definition) is 3. The number of hydrogen-bond donors (Lipinski definition) is 0. The maximum Gasteiger partial charge on any atom is 0.137 e. The summed E-state index contributed by atoms with van der Waals surface area (Å²) in [5, 5.41) is 4.50. The van der Waals surface area contributed by atoms with Gasteiger partial charge >= 0.3 is 0 Å². The lowest BCUT2D eigenvalue weighted by Gasteiger charge is -2.53. The molecule has 2 aromatic rings. The van der Waals surface area contributed by atoms with Gasteiger partial charge in [0.2, 0.25) is 0 Å². The molecule has 0 spiro atoms. The lowest BCUT2D eigenvalue weighted by molar-refractivity contribution is -0.263. The van der Waals surface area contributed by atoms with Gasteiger partial charge in [0.1, 0.15) is 24.1 Å². The van der Waals surface area contributed by atoms with Crippen molar-refractivity contribution in [3.8, 4) is 0 Å². The molecule has 1 saturated heterocycles. The summed E-state index contributed by atoms with van der Waals surface area (Å²) in [6.45, 7) is 4.62. The van der Waals surface area contributed by atoms with Gasteiger partial charge < -0.3 is 4.74 Å². The fourth-order valence-electron chi connectivity index (χ4n) is 2.81. The molecule has 6 heteroatoms. The van der Waals surface area contributed by atoms with E-state index in [0.717, 1.165) is 5.56 Å². The van der Waals surface area contributed by atoms with Crippen LogP contribution in [0.15, 0.2) is 30.9 Å². The number of rotatable bonds is 3. The zero-order chi connectivity index (χ0) is 14.3. The summed E-state index contributed by atoms with van der Waals surface area (Å²) in [6, 6.07) is 4.42. The molecular weight excluding hydrogens is 281 g/mol. The number of ether oxygens (including phenoxy) is 1. The average Bonchev–Trinajstić information content (AvgIpc) is 2.90. The quantitative estimate of drug-likeness (QED) is 0.874. The minimum atomic E-state index is -0.585. The molecule has 0 N–H and O–H groups in total. The van der Waals surface area contributed by atoms with Crippen LogP contribution in [0.1, 0.15) is 19.4 Å². The van der Waals surface area contributed by atoms with Gasteiger partial charge in [-0.2, -0.15) is 5.10 Å². The molecule has 2 heterocycles. The topological polar surface area (TPSA) is 39.9 Å². The van der Waals surface area contributed by atoms with Gasteiger partial charge in [-0.05, 0) is 19.1 Å². The molecule has 3 atom stereocenters. The fraction of sp³-hybridized carbons (Fsp3) is 0.429. The third-order valence-electron chi connectivity index (χ3n) is 4.09. The molecule has 4 nitrogen and oxygen atoms in total. The SMILES string of the molecule is CC1O[C@@](Cn2cncn2)(c2ccc(F)cc2Cl)[C@@H]1C. The van der Waals surface area contributed by atoms with Crippen molar-refractivity contribution in [1.82, 2.24) is 14.8 Å². The van der Waals surface area contributed by atoms with Gasteiger partial charge in [0.15, 0.2) is 0 Å². The summed E-state index contributed by atoms with van der Waals surface area (Å²) >= 11 is 6.21. The van der Waals surface area contributed by atoms with Gasteiger partial charge in [-0.25, -0.2) is 14.1 Å². The summed E-state index contributed by atoms with van der Waals surface area (Å²) in [7, 11) is 0. The second-order valence-corrected chi connectivity index (χ2v) is 5.63. The Labute approximate surface area is 121 Å². The van der Waals surface area contributed by atoms with Crippen LogP contribution in [0.4, 0.5) is 4.39 Å². The highest BCUT2D eigenvalue weighted by Crippen LogP contribution is 2.50. The largest absolute Gasteiger partial charge is 0.365 e. The van der Waals surface area contributed by atoms with Crippen molar-refractivity contribution in [2.24, 2.45) is 5.92 Å². The number of nitrogens with zero attached hydrogens (tertiary/aromatic N) is 3. The zero-order valence-corrected chi connectivity index (χ0v) is 12.0. The second kappa shape index (κ2) is 4.82. The van der Waals surface area contributed by atoms with E-state index in [1.165, 1.54) is 18.5 Å². The molecule has 1 aliphatic heterocycles. The van der Waals surface area contributed by atoms with Crippen LogP contribution in [0.5, 0.6) is 0 Å². The molecule has 0 radical (unpaired) electrons. The van der Waals surface area contributed by atoms with Crippen molar-refractivity contribution in [2.45, 2.75) is 32.1 Å². The van der Waals surface area contributed by atoms with Crippen LogP contribution >= 0.6 is 11.6 Å². The molecule has 1 aromatic carbocycles. The Morgan fingerprint density at radius 3 is 2.80 bits per heavy atom. The molecule has 0 amide bonds. The monoisotopic (exact) mass is 295 g/mol. The number of benzene rings is 1. The van der Waals surface area contributed by atoms with Crippen LogP contribution in [-0.2, 0) is 16.9 Å². The van der Waals surface area contributed by atoms with Crippen molar-refractivity contribution in [3.05, 3.63) is 47.3 Å². The number of halogens is 2. The highest BCUT2D eigenvalue weighted by Gasteiger charge is 2.53. The normalized spacial score (nSPS) is 29.2. The Balaban J connectivity index is 2.02. The smallest absolute Gasteiger partial charge is 0.137 e. The van der Waals surface area contributed by atoms with Gasteiger partial charge in [-0.3, -0.25) is 0 Å². The predicted octanol–water partition coefficient (Wildman–Crippen LogP) is 3.02. The molecule has 0 bridgehead atoms. The summed E-state index contributed by atoms with van der Waals surface area (Å²) in [5.74, 6) is -0.107. The van der Waals surface area contributed by atoms with Gasteiger partial charge in [0.25, 0.3) is 0 Å². The van der Waals surface area contributed by atoms with Gasteiger partial charge in [0, 0.05) is 16.5 Å². The Morgan fingerprint density at radius 1 is 1.45 bits per heavy atom. The first-order chi connectivity index (χ1) is 9.53. The Kier molecular flexibility index (Phi) is 3.26. The average molecular weight is 296 g/mol. The minimum Gasteiger partial charge on any atom is -0.365 e. The lowest BCUT2D eigenvalue weighted by Crippen LogP contribution is -2.57. The Bertz CT molecular complexity index is 619. The summed E-state index contributed by atoms with van der Waals surface area (Å²) in [5.41, 5.74) is 0.208. The van der Waals surface area contributed by atoms with Crippen LogP contribution in [-0.4, -0.2) is 20.9 Å². The van der Waals surface area contributed by atoms with E-state index in [1.54, 1.807) is 17.1 Å². The van der Waals surface area contributed by atoms with Gasteiger partial charge in [-0.15, -0.1) is 0 Å². The third-order valence-corrected chi connectivity index (χ3v) is 4.40. The Hall–Kier alpha value is -1.46. The van der Waals surface area contributed by atoms with E-state index < -0.39 is 5.60 Å². The maximum absolute atomic E-state index is 13.3. The molecule has 0 saturated carbocycles. The van der Waals surface area contributed by atoms with Crippen molar-refractivity contribution >= 4 is 11.6 Å². The van der Waals surface area contributed by atoms with Crippen LogP contribution in [0.25, 0.3) is 0 Å². The van der Waals surface area contributed by atoms with E-state index >= 15 is 0 Å². The highest BCUT2D eigenvalue weighted by atomic mass is 35.5. The van der Waals surface area contributed by atoms with Crippen LogP contribution in [0.3, 0.4) is 0 Å². The number of aromatic nitrogens is 3. The van der Waals surface area contributed by atoms with E-state index in [2.05, 4.69) is 17.0 Å². The van der Waals surface area contributed by atoms with Crippen molar-refractivity contribution < 1.29 is 9.13 Å². The summed E-state index contributed by atoms with van der Waals surface area (Å²) in [4.78, 5) is 3.94. The molecule has 3 rings (SSSR count). The van der Waals surface area contributed by atoms with Crippen molar-refractivity contribution in [3.63, 3.8) is 0 Å². The second-order valence-electron chi connectivity index (χ2n) is 5.22. The summed E-state index contributed by atoms with van der Waals surface area (Å²) < 4.78 is 21.0. The van der Waals surface area contributed by atoms with E-state index in [4.69, 9.17) is 16.3 Å². The van der Waals surface area contributed by atoms with E-state index in [1.807, 2.05) is 6.92 Å². The molecule has 0 aliphatic carbocycles. The zero-order valence-electron chi connectivity index (χ0n) is 11.3. The van der Waals surface area contributed by atoms with Gasteiger partial charge in [0.05, 0.1) is 12.6 Å². The standard InChI is InChI=1S/C14H15ClFN3O/c1-9-10(2)20-14(9,6-19-8-17-7-18-19)12-4-3-11(16)5-13(12)15/h3-5,7-10H,6H2,1-2H3/t9-,10?,14-/m1/s1. The molecular formula is C14H15ClFN3O. The van der Waals surface area contributed by atoms with Gasteiger partial charge in [-0.1, -0.05) is 24.6 Å². The third kappa shape index (κ3) is 2.01. The first-order valence-electron chi connectivity index (χ1n) is 6.49. The summed E-state index contributed by atoms with van der Waals surface area (Å²) in [6.07, 6.45) is 3.24. The van der Waals surface area contributed by atoms with E-state index in [0.29, 0.717) is 11.6 Å². The molecule has 20 heavy (non-hydrogen) atoms. The molecule has 106 valence electrons. The minimum absolute atomic E-state index is 0.125. The van der Waals surface area contributed by atoms with Crippen molar-refractivity contribution in [2.75, 3.05) is 0 Å². The first kappa shape index (κ1) is 13.5. The highest BCUT2D eigenvalue weighted by molar-refractivity contribution is 6.31. The van der Waals surface area contributed by atoms with Crippen LogP contribution in [0.2, 0.25) is 5.02 Å². The maximum atomic E-state index is 13.3. The molecule has 1 aromatic heterocycles. The predicted molar refractivity (Wildman–Crippen MR) is 72.8 cm³/mol. The Morgan fingerprint density at radius 2 is 2.25 bits per heavy atom. The van der Waals surface area contributed by atoms with E-state index in [-0.39, 0.29) is 17.8 Å². The van der Waals surface area contributed by atoms with Crippen LogP contribution < -0.4 is 0 Å². The molecule has 1 unspecified atom stereocenters. The van der Waals surface area contributed by atoms with E-state index in [9.17, 15) is 4.39 Å². The molecule has 1 fully saturated rings. The molecule has 1 aliphatic rings. The van der Waals surface area contributed by atoms with Crippen molar-refractivity contribution in [1.29, 1.82) is 0 Å².